The minimum absolute atomic E-state index is 0. The number of rotatable bonds is 5. The van der Waals surface area contributed by atoms with Crippen LogP contribution in [0.1, 0.15) is 42.1 Å². The fraction of sp³-hybridized carbons (Fsp3) is 0.400. The van der Waals surface area contributed by atoms with Gasteiger partial charge >= 0.3 is 0 Å². The number of phenolic OH excluding ortho intramolecular Hbond substituents is 1. The standard InChI is InChI=1S/C20H26N4O.HI/c1-2-21-20(23-13-16-8-5-6-12-22-16)24-14-18-17-9-4-3-7-15(17)10-11-19(18)25;/h5-6,8,10-12,25H,2-4,7,9,13-14H2,1H3,(H2,21,23,24);1H. The van der Waals surface area contributed by atoms with Crippen molar-refractivity contribution in [3.63, 3.8) is 0 Å². The fourth-order valence-electron chi connectivity index (χ4n) is 3.25. The molecule has 0 aliphatic heterocycles. The third-order valence-electron chi connectivity index (χ3n) is 4.53. The van der Waals surface area contributed by atoms with E-state index < -0.39 is 0 Å². The Morgan fingerprint density at radius 3 is 2.77 bits per heavy atom. The lowest BCUT2D eigenvalue weighted by Gasteiger charge is -2.20. The van der Waals surface area contributed by atoms with Crippen molar-refractivity contribution in [1.29, 1.82) is 0 Å². The number of guanidine groups is 1. The molecule has 0 unspecified atom stereocenters. The second-order valence-corrected chi connectivity index (χ2v) is 6.28. The maximum atomic E-state index is 10.3. The first-order valence-electron chi connectivity index (χ1n) is 9.02. The highest BCUT2D eigenvalue weighted by molar-refractivity contribution is 14.0. The van der Waals surface area contributed by atoms with Crippen LogP contribution in [0.25, 0.3) is 0 Å². The van der Waals surface area contributed by atoms with Crippen LogP contribution < -0.4 is 10.6 Å². The molecule has 0 atom stereocenters. The fourth-order valence-corrected chi connectivity index (χ4v) is 3.25. The van der Waals surface area contributed by atoms with Gasteiger partial charge in [0.25, 0.3) is 0 Å². The van der Waals surface area contributed by atoms with Crippen LogP contribution in [-0.4, -0.2) is 22.6 Å². The van der Waals surface area contributed by atoms with Crippen LogP contribution in [0.3, 0.4) is 0 Å². The van der Waals surface area contributed by atoms with Crippen LogP contribution in [0.4, 0.5) is 0 Å². The Balaban J connectivity index is 0.00000243. The van der Waals surface area contributed by atoms with Crippen LogP contribution in [-0.2, 0) is 25.9 Å². The monoisotopic (exact) mass is 466 g/mol. The summed E-state index contributed by atoms with van der Waals surface area (Å²) in [5.74, 6) is 1.09. The maximum absolute atomic E-state index is 10.3. The molecule has 0 saturated heterocycles. The number of hydrogen-bond acceptors (Lipinski definition) is 3. The average Bonchev–Trinajstić information content (AvgIpc) is 2.66. The summed E-state index contributed by atoms with van der Waals surface area (Å²) in [6.07, 6.45) is 6.34. The quantitative estimate of drug-likeness (QED) is 0.358. The van der Waals surface area contributed by atoms with Gasteiger partial charge in [0, 0.05) is 18.3 Å². The van der Waals surface area contributed by atoms with Crippen molar-refractivity contribution < 1.29 is 5.11 Å². The topological polar surface area (TPSA) is 69.5 Å². The minimum Gasteiger partial charge on any atom is -0.508 e. The Labute approximate surface area is 172 Å². The van der Waals surface area contributed by atoms with Gasteiger partial charge in [0.2, 0.25) is 0 Å². The Morgan fingerprint density at radius 1 is 1.15 bits per heavy atom. The third kappa shape index (κ3) is 5.33. The molecule has 1 aliphatic rings. The first-order valence-corrected chi connectivity index (χ1v) is 9.02. The summed E-state index contributed by atoms with van der Waals surface area (Å²) < 4.78 is 0. The Kier molecular flexibility index (Phi) is 8.15. The molecule has 0 radical (unpaired) electrons. The number of halogens is 1. The van der Waals surface area contributed by atoms with Gasteiger partial charge in [0.05, 0.1) is 18.8 Å². The molecule has 3 rings (SSSR count). The van der Waals surface area contributed by atoms with Crippen LogP contribution in [0, 0.1) is 0 Å². The number of aliphatic imine (C=N–C) groups is 1. The Bertz CT molecular complexity index is 734. The molecule has 1 aromatic heterocycles. The summed E-state index contributed by atoms with van der Waals surface area (Å²) in [5, 5.41) is 16.9. The summed E-state index contributed by atoms with van der Waals surface area (Å²) in [5.41, 5.74) is 4.58. The van der Waals surface area contributed by atoms with Crippen LogP contribution in [0.5, 0.6) is 5.75 Å². The predicted molar refractivity (Wildman–Crippen MR) is 116 cm³/mol. The van der Waals surface area contributed by atoms with Gasteiger partial charge in [-0.05, 0) is 61.9 Å². The van der Waals surface area contributed by atoms with E-state index in [1.807, 2.05) is 31.2 Å². The van der Waals surface area contributed by atoms with Gasteiger partial charge in [0.1, 0.15) is 5.75 Å². The number of aromatic nitrogens is 1. The van der Waals surface area contributed by atoms with E-state index in [9.17, 15) is 5.11 Å². The number of benzene rings is 1. The number of fused-ring (bicyclic) bond motifs is 1. The highest BCUT2D eigenvalue weighted by Gasteiger charge is 2.16. The molecule has 0 saturated carbocycles. The second kappa shape index (κ2) is 10.4. The second-order valence-electron chi connectivity index (χ2n) is 6.28. The predicted octanol–water partition coefficient (Wildman–Crippen LogP) is 3.54. The maximum Gasteiger partial charge on any atom is 0.191 e. The van der Waals surface area contributed by atoms with Gasteiger partial charge in [-0.25, -0.2) is 4.99 Å². The molecule has 26 heavy (non-hydrogen) atoms. The molecule has 1 aliphatic carbocycles. The number of nitrogens with one attached hydrogen (secondary N) is 2. The van der Waals surface area contributed by atoms with E-state index in [-0.39, 0.29) is 24.0 Å². The Hall–Kier alpha value is -1.83. The normalized spacial score (nSPS) is 13.5. The van der Waals surface area contributed by atoms with Crippen molar-refractivity contribution in [2.45, 2.75) is 45.7 Å². The number of aromatic hydroxyl groups is 1. The van der Waals surface area contributed by atoms with E-state index in [1.54, 1.807) is 6.20 Å². The average molecular weight is 466 g/mol. The number of nitrogens with zero attached hydrogens (tertiary/aromatic N) is 2. The summed E-state index contributed by atoms with van der Waals surface area (Å²) >= 11 is 0. The van der Waals surface area contributed by atoms with E-state index >= 15 is 0 Å². The van der Waals surface area contributed by atoms with Crippen molar-refractivity contribution in [1.82, 2.24) is 15.6 Å². The highest BCUT2D eigenvalue weighted by atomic mass is 127. The van der Waals surface area contributed by atoms with Crippen molar-refractivity contribution in [2.24, 2.45) is 4.99 Å². The molecule has 1 heterocycles. The summed E-state index contributed by atoms with van der Waals surface area (Å²) in [6.45, 7) is 3.92. The zero-order chi connectivity index (χ0) is 17.5. The van der Waals surface area contributed by atoms with Crippen molar-refractivity contribution in [2.75, 3.05) is 6.54 Å². The number of pyridine rings is 1. The molecule has 2 aromatic rings. The molecule has 1 aromatic carbocycles. The molecule has 6 heteroatoms. The molecule has 0 amide bonds. The van der Waals surface area contributed by atoms with Gasteiger partial charge in [-0.1, -0.05) is 12.1 Å². The number of aryl methyl sites for hydroxylation is 1. The summed E-state index contributed by atoms with van der Waals surface area (Å²) in [7, 11) is 0. The van der Waals surface area contributed by atoms with Crippen molar-refractivity contribution >= 4 is 29.9 Å². The lowest BCUT2D eigenvalue weighted by molar-refractivity contribution is 0.465. The lowest BCUT2D eigenvalue weighted by Crippen LogP contribution is -2.37. The molecular weight excluding hydrogens is 439 g/mol. The molecular formula is C20H27IN4O. The van der Waals surface area contributed by atoms with Gasteiger partial charge in [0.15, 0.2) is 5.96 Å². The van der Waals surface area contributed by atoms with Gasteiger partial charge in [-0.15, -0.1) is 24.0 Å². The van der Waals surface area contributed by atoms with Crippen LogP contribution in [0.15, 0.2) is 41.5 Å². The minimum atomic E-state index is 0. The summed E-state index contributed by atoms with van der Waals surface area (Å²) in [6, 6.07) is 9.73. The van der Waals surface area contributed by atoms with Gasteiger partial charge < -0.3 is 15.7 Å². The smallest absolute Gasteiger partial charge is 0.191 e. The molecule has 0 bridgehead atoms. The molecule has 0 spiro atoms. The lowest BCUT2D eigenvalue weighted by atomic mass is 9.88. The third-order valence-corrected chi connectivity index (χ3v) is 4.53. The van der Waals surface area contributed by atoms with Crippen LogP contribution in [0.2, 0.25) is 0 Å². The van der Waals surface area contributed by atoms with E-state index in [2.05, 4.69) is 26.7 Å². The van der Waals surface area contributed by atoms with Crippen molar-refractivity contribution in [3.8, 4) is 5.75 Å². The number of hydrogen-bond donors (Lipinski definition) is 3. The van der Waals surface area contributed by atoms with E-state index in [4.69, 9.17) is 0 Å². The van der Waals surface area contributed by atoms with E-state index in [1.165, 1.54) is 24.0 Å². The first kappa shape index (κ1) is 20.5. The van der Waals surface area contributed by atoms with Gasteiger partial charge in [-0.3, -0.25) is 4.98 Å². The molecule has 5 nitrogen and oxygen atoms in total. The van der Waals surface area contributed by atoms with Gasteiger partial charge in [-0.2, -0.15) is 0 Å². The Morgan fingerprint density at radius 2 is 2.00 bits per heavy atom. The number of phenols is 1. The zero-order valence-corrected chi connectivity index (χ0v) is 17.5. The van der Waals surface area contributed by atoms with E-state index in [0.29, 0.717) is 18.8 Å². The first-order chi connectivity index (χ1) is 12.3. The largest absolute Gasteiger partial charge is 0.508 e. The molecule has 3 N–H and O–H groups in total. The van der Waals surface area contributed by atoms with Crippen LogP contribution >= 0.6 is 24.0 Å². The van der Waals surface area contributed by atoms with Crippen molar-refractivity contribution in [3.05, 3.63) is 58.9 Å². The zero-order valence-electron chi connectivity index (χ0n) is 15.2. The van der Waals surface area contributed by atoms with E-state index in [0.717, 1.165) is 36.6 Å². The molecule has 0 fully saturated rings. The SMILES string of the molecule is CCNC(=NCc1c(O)ccc2c1CCCC2)NCc1ccccn1.I. The highest BCUT2D eigenvalue weighted by Crippen LogP contribution is 2.30. The summed E-state index contributed by atoms with van der Waals surface area (Å²) in [4.78, 5) is 8.99. The molecule has 140 valence electrons.